The summed E-state index contributed by atoms with van der Waals surface area (Å²) in [6.07, 6.45) is 0. The lowest BCUT2D eigenvalue weighted by molar-refractivity contribution is 0.0696. The van der Waals surface area contributed by atoms with Crippen molar-refractivity contribution >= 4 is 40.8 Å². The molecule has 0 amide bonds. The second-order valence-corrected chi connectivity index (χ2v) is 5.98. The van der Waals surface area contributed by atoms with Gasteiger partial charge >= 0.3 is 5.97 Å². The van der Waals surface area contributed by atoms with Crippen LogP contribution >= 0.6 is 34.8 Å². The lowest BCUT2D eigenvalue weighted by Gasteiger charge is -2.04. The summed E-state index contributed by atoms with van der Waals surface area (Å²) in [6, 6.07) is 14.0. The van der Waals surface area contributed by atoms with Crippen LogP contribution in [0.4, 0.5) is 0 Å². The zero-order valence-corrected chi connectivity index (χ0v) is 14.2. The van der Waals surface area contributed by atoms with E-state index in [1.807, 2.05) is 0 Å². The fourth-order valence-corrected chi connectivity index (χ4v) is 2.48. The Bertz CT molecular complexity index is 852. The van der Waals surface area contributed by atoms with Crippen molar-refractivity contribution in [2.75, 3.05) is 0 Å². The van der Waals surface area contributed by atoms with Gasteiger partial charge in [0.05, 0.1) is 0 Å². The van der Waals surface area contributed by atoms with Gasteiger partial charge in [0.2, 0.25) is 5.76 Å². The van der Waals surface area contributed by atoms with E-state index in [4.69, 9.17) is 48.7 Å². The van der Waals surface area contributed by atoms with Crippen LogP contribution in [0, 0.1) is 0 Å². The van der Waals surface area contributed by atoms with Crippen LogP contribution in [-0.2, 0) is 0 Å². The average molecular weight is 384 g/mol. The molecule has 7 heteroatoms. The number of carbonyl (C=O) groups excluding carboxylic acids is 1. The summed E-state index contributed by atoms with van der Waals surface area (Å²) in [4.78, 5) is 12.0. The van der Waals surface area contributed by atoms with Gasteiger partial charge in [-0.2, -0.15) is 0 Å². The lowest BCUT2D eigenvalue weighted by Crippen LogP contribution is -2.06. The van der Waals surface area contributed by atoms with Crippen LogP contribution in [0.25, 0.3) is 0 Å². The summed E-state index contributed by atoms with van der Waals surface area (Å²) >= 11 is 17.6. The molecule has 2 aromatic carbocycles. The summed E-state index contributed by atoms with van der Waals surface area (Å²) in [5.41, 5.74) is 0. The standard InChI is InChI=1S/C17H9Cl3O4/c18-10-1-3-13(4-2-10)23-17(21)15-5-6-16(24-15)22-14-8-11(19)7-12(20)9-14/h1-9H. The summed E-state index contributed by atoms with van der Waals surface area (Å²) < 4.78 is 16.0. The van der Waals surface area contributed by atoms with Gasteiger partial charge < -0.3 is 13.9 Å². The Kier molecular flexibility index (Phi) is 5.00. The summed E-state index contributed by atoms with van der Waals surface area (Å²) in [6.45, 7) is 0. The minimum absolute atomic E-state index is 0.00641. The highest BCUT2D eigenvalue weighted by molar-refractivity contribution is 6.34. The van der Waals surface area contributed by atoms with E-state index in [0.717, 1.165) is 0 Å². The van der Waals surface area contributed by atoms with Gasteiger partial charge in [0.1, 0.15) is 11.5 Å². The van der Waals surface area contributed by atoms with Gasteiger partial charge in [-0.25, -0.2) is 4.79 Å². The second kappa shape index (κ2) is 7.18. The van der Waals surface area contributed by atoms with Crippen LogP contribution in [0.2, 0.25) is 15.1 Å². The number of rotatable bonds is 4. The van der Waals surface area contributed by atoms with Crippen LogP contribution in [0.3, 0.4) is 0 Å². The van der Waals surface area contributed by atoms with Crippen molar-refractivity contribution in [1.82, 2.24) is 0 Å². The van der Waals surface area contributed by atoms with Crippen molar-refractivity contribution in [2.45, 2.75) is 0 Å². The van der Waals surface area contributed by atoms with Gasteiger partial charge in [0.15, 0.2) is 0 Å². The fourth-order valence-electron chi connectivity index (χ4n) is 1.85. The molecule has 0 saturated heterocycles. The Hall–Kier alpha value is -2.14. The Morgan fingerprint density at radius 1 is 0.792 bits per heavy atom. The number of halogens is 3. The highest BCUT2D eigenvalue weighted by Crippen LogP contribution is 2.29. The third-order valence-electron chi connectivity index (χ3n) is 2.86. The smallest absolute Gasteiger partial charge is 0.379 e. The van der Waals surface area contributed by atoms with E-state index in [2.05, 4.69) is 0 Å². The molecular weight excluding hydrogens is 375 g/mol. The molecule has 0 radical (unpaired) electrons. The molecule has 0 fully saturated rings. The first-order valence-electron chi connectivity index (χ1n) is 6.71. The van der Waals surface area contributed by atoms with Gasteiger partial charge in [0.25, 0.3) is 5.95 Å². The first-order valence-corrected chi connectivity index (χ1v) is 7.84. The van der Waals surface area contributed by atoms with Gasteiger partial charge in [-0.15, -0.1) is 0 Å². The van der Waals surface area contributed by atoms with E-state index >= 15 is 0 Å². The van der Waals surface area contributed by atoms with Crippen LogP contribution in [-0.4, -0.2) is 5.97 Å². The average Bonchev–Trinajstić information content (AvgIpc) is 2.97. The fraction of sp³-hybridized carbons (Fsp3) is 0. The summed E-state index contributed by atoms with van der Waals surface area (Å²) in [5.74, 6) is 0.185. The highest BCUT2D eigenvalue weighted by atomic mass is 35.5. The predicted octanol–water partition coefficient (Wildman–Crippen LogP) is 6.25. The van der Waals surface area contributed by atoms with Crippen LogP contribution in [0.15, 0.2) is 59.0 Å². The molecular formula is C17H9Cl3O4. The Morgan fingerprint density at radius 2 is 1.46 bits per heavy atom. The maximum absolute atomic E-state index is 12.0. The molecule has 3 rings (SSSR count). The van der Waals surface area contributed by atoms with Crippen molar-refractivity contribution < 1.29 is 18.7 Å². The van der Waals surface area contributed by atoms with Gasteiger partial charge in [-0.1, -0.05) is 34.8 Å². The topological polar surface area (TPSA) is 48.7 Å². The maximum Gasteiger partial charge on any atom is 0.379 e. The number of hydrogen-bond donors (Lipinski definition) is 0. The van der Waals surface area contributed by atoms with Crippen LogP contribution in [0.5, 0.6) is 17.4 Å². The second-order valence-electron chi connectivity index (χ2n) is 4.67. The third-order valence-corrected chi connectivity index (χ3v) is 3.55. The molecule has 1 heterocycles. The molecule has 0 aliphatic heterocycles. The molecule has 0 saturated carbocycles. The SMILES string of the molecule is O=C(Oc1ccc(Cl)cc1)c1ccc(Oc2cc(Cl)cc(Cl)c2)o1. The van der Waals surface area contributed by atoms with E-state index in [1.54, 1.807) is 42.5 Å². The minimum Gasteiger partial charge on any atom is -0.426 e. The van der Waals surface area contributed by atoms with Crippen molar-refractivity contribution in [1.29, 1.82) is 0 Å². The molecule has 0 unspecified atom stereocenters. The van der Waals surface area contributed by atoms with Crippen molar-refractivity contribution in [3.63, 3.8) is 0 Å². The Labute approximate surface area is 152 Å². The molecule has 0 aliphatic carbocycles. The Morgan fingerprint density at radius 3 is 2.12 bits per heavy atom. The number of hydrogen-bond acceptors (Lipinski definition) is 4. The third kappa shape index (κ3) is 4.23. The molecule has 122 valence electrons. The molecule has 24 heavy (non-hydrogen) atoms. The number of furan rings is 1. The first-order chi connectivity index (χ1) is 11.5. The normalized spacial score (nSPS) is 10.5. The van der Waals surface area contributed by atoms with Crippen LogP contribution in [0.1, 0.15) is 10.6 Å². The van der Waals surface area contributed by atoms with Gasteiger partial charge in [0, 0.05) is 21.1 Å². The summed E-state index contributed by atoms with van der Waals surface area (Å²) in [5, 5.41) is 1.39. The van der Waals surface area contributed by atoms with Gasteiger partial charge in [-0.3, -0.25) is 0 Å². The molecule has 0 N–H and O–H groups in total. The lowest BCUT2D eigenvalue weighted by atomic mass is 10.3. The molecule has 4 nitrogen and oxygen atoms in total. The molecule has 0 atom stereocenters. The zero-order valence-electron chi connectivity index (χ0n) is 12.0. The monoisotopic (exact) mass is 382 g/mol. The Balaban J connectivity index is 1.70. The van der Waals surface area contributed by atoms with Crippen molar-refractivity contribution in [3.05, 3.63) is 75.4 Å². The van der Waals surface area contributed by atoms with Gasteiger partial charge in [-0.05, 0) is 48.5 Å². The number of esters is 1. The van der Waals surface area contributed by atoms with Crippen LogP contribution < -0.4 is 9.47 Å². The van der Waals surface area contributed by atoms with E-state index in [-0.39, 0.29) is 11.7 Å². The number of benzene rings is 2. The van der Waals surface area contributed by atoms with E-state index in [1.165, 1.54) is 12.1 Å². The number of carbonyl (C=O) groups is 1. The molecule has 0 aliphatic rings. The van der Waals surface area contributed by atoms with E-state index in [0.29, 0.717) is 26.6 Å². The predicted molar refractivity (Wildman–Crippen MR) is 91.7 cm³/mol. The summed E-state index contributed by atoms with van der Waals surface area (Å²) in [7, 11) is 0. The molecule has 0 bridgehead atoms. The minimum atomic E-state index is -0.656. The van der Waals surface area contributed by atoms with E-state index in [9.17, 15) is 4.79 Å². The molecule has 3 aromatic rings. The first kappa shape index (κ1) is 16.7. The molecule has 0 spiro atoms. The molecule has 1 aromatic heterocycles. The van der Waals surface area contributed by atoms with E-state index < -0.39 is 5.97 Å². The largest absolute Gasteiger partial charge is 0.426 e. The maximum atomic E-state index is 12.0. The number of ether oxygens (including phenoxy) is 2. The quantitative estimate of drug-likeness (QED) is 0.394. The highest BCUT2D eigenvalue weighted by Gasteiger charge is 2.15. The van der Waals surface area contributed by atoms with Crippen molar-refractivity contribution in [3.8, 4) is 17.4 Å². The van der Waals surface area contributed by atoms with Crippen molar-refractivity contribution in [2.24, 2.45) is 0 Å². The zero-order chi connectivity index (χ0) is 17.1.